The average Bonchev–Trinajstić information content (AvgIpc) is 3.10. The lowest BCUT2D eigenvalue weighted by atomic mass is 10.0. The van der Waals surface area contributed by atoms with Crippen LogP contribution in [0.25, 0.3) is 0 Å². The molecule has 0 N–H and O–H groups in total. The predicted molar refractivity (Wildman–Crippen MR) is 83.1 cm³/mol. The fraction of sp³-hybridized carbons (Fsp3) is 0.222. The van der Waals surface area contributed by atoms with Gasteiger partial charge in [0.2, 0.25) is 5.90 Å². The van der Waals surface area contributed by atoms with Crippen molar-refractivity contribution in [1.82, 2.24) is 0 Å². The number of ether oxygens (including phenoxy) is 1. The minimum Gasteiger partial charge on any atom is -0.402 e. The zero-order valence-electron chi connectivity index (χ0n) is 12.2. The summed E-state index contributed by atoms with van der Waals surface area (Å²) in [6, 6.07) is 7.98. The van der Waals surface area contributed by atoms with Crippen molar-refractivity contribution >= 4 is 11.9 Å². The van der Waals surface area contributed by atoms with E-state index in [1.807, 2.05) is 42.5 Å². The van der Waals surface area contributed by atoms with Crippen molar-refractivity contribution in [1.29, 1.82) is 0 Å². The van der Waals surface area contributed by atoms with Crippen LogP contribution in [-0.2, 0) is 9.53 Å². The van der Waals surface area contributed by atoms with E-state index in [2.05, 4.69) is 18.8 Å². The van der Waals surface area contributed by atoms with Gasteiger partial charge in [-0.15, -0.1) is 0 Å². The van der Waals surface area contributed by atoms with Gasteiger partial charge in [-0.05, 0) is 41.7 Å². The Bertz CT molecular complexity index is 688. The van der Waals surface area contributed by atoms with E-state index < -0.39 is 0 Å². The van der Waals surface area contributed by atoms with E-state index in [1.54, 1.807) is 6.08 Å². The number of rotatable bonds is 3. The standard InChI is InChI=1S/C18H17NO2/c1-12(2)14-7-9-15(10-8-14)17-19-16(18(20)21-17)11-13-5-3-4-6-13/h3-5,7-12H,6H2,1-2H3. The van der Waals surface area contributed by atoms with Gasteiger partial charge < -0.3 is 4.74 Å². The highest BCUT2D eigenvalue weighted by atomic mass is 16.6. The summed E-state index contributed by atoms with van der Waals surface area (Å²) in [5.41, 5.74) is 3.52. The van der Waals surface area contributed by atoms with Gasteiger partial charge in [0, 0.05) is 5.56 Å². The second-order valence-electron chi connectivity index (χ2n) is 5.49. The molecule has 0 atom stereocenters. The lowest BCUT2D eigenvalue weighted by Gasteiger charge is -2.05. The third-order valence-corrected chi connectivity index (χ3v) is 3.57. The van der Waals surface area contributed by atoms with Crippen molar-refractivity contribution in [3.05, 3.63) is 71.0 Å². The summed E-state index contributed by atoms with van der Waals surface area (Å²) >= 11 is 0. The lowest BCUT2D eigenvalue weighted by Crippen LogP contribution is -2.05. The number of hydrogen-bond acceptors (Lipinski definition) is 3. The van der Waals surface area contributed by atoms with Gasteiger partial charge in [0.05, 0.1) is 0 Å². The molecule has 0 amide bonds. The Morgan fingerprint density at radius 2 is 2.00 bits per heavy atom. The molecule has 0 unspecified atom stereocenters. The molecule has 1 heterocycles. The molecule has 3 rings (SSSR count). The number of aliphatic imine (C=N–C) groups is 1. The fourth-order valence-electron chi connectivity index (χ4n) is 2.29. The molecule has 1 aliphatic heterocycles. The Morgan fingerprint density at radius 3 is 2.62 bits per heavy atom. The topological polar surface area (TPSA) is 38.7 Å². The molecule has 1 aromatic rings. The van der Waals surface area contributed by atoms with Crippen LogP contribution in [0.1, 0.15) is 37.3 Å². The van der Waals surface area contributed by atoms with Crippen molar-refractivity contribution < 1.29 is 9.53 Å². The van der Waals surface area contributed by atoms with Crippen LogP contribution < -0.4 is 0 Å². The van der Waals surface area contributed by atoms with Gasteiger partial charge in [0.15, 0.2) is 5.70 Å². The normalized spacial score (nSPS) is 19.2. The summed E-state index contributed by atoms with van der Waals surface area (Å²) in [5.74, 6) is 0.475. The number of carbonyl (C=O) groups is 1. The van der Waals surface area contributed by atoms with Crippen LogP contribution in [0.15, 0.2) is 64.8 Å². The van der Waals surface area contributed by atoms with E-state index in [0.717, 1.165) is 17.6 Å². The van der Waals surface area contributed by atoms with Gasteiger partial charge >= 0.3 is 5.97 Å². The lowest BCUT2D eigenvalue weighted by molar-refractivity contribution is -0.130. The second kappa shape index (κ2) is 5.52. The Hall–Kier alpha value is -2.42. The Labute approximate surface area is 124 Å². The third kappa shape index (κ3) is 2.87. The molecule has 0 saturated carbocycles. The molecule has 0 spiro atoms. The zero-order valence-corrected chi connectivity index (χ0v) is 12.2. The number of allylic oxidation sites excluding steroid dienone is 5. The highest BCUT2D eigenvalue weighted by molar-refractivity contribution is 6.11. The van der Waals surface area contributed by atoms with Crippen LogP contribution in [-0.4, -0.2) is 11.9 Å². The van der Waals surface area contributed by atoms with E-state index in [4.69, 9.17) is 4.74 Å². The zero-order chi connectivity index (χ0) is 14.8. The van der Waals surface area contributed by atoms with E-state index in [0.29, 0.717) is 17.5 Å². The fourth-order valence-corrected chi connectivity index (χ4v) is 2.29. The summed E-state index contributed by atoms with van der Waals surface area (Å²) in [5, 5.41) is 0. The molecule has 0 aromatic heterocycles. The van der Waals surface area contributed by atoms with Crippen molar-refractivity contribution in [2.45, 2.75) is 26.2 Å². The Kier molecular flexibility index (Phi) is 3.57. The highest BCUT2D eigenvalue weighted by Gasteiger charge is 2.24. The summed E-state index contributed by atoms with van der Waals surface area (Å²) in [6.45, 7) is 4.29. The predicted octanol–water partition coefficient (Wildman–Crippen LogP) is 3.88. The highest BCUT2D eigenvalue weighted by Crippen LogP contribution is 2.22. The number of esters is 1. The first-order valence-electron chi connectivity index (χ1n) is 7.12. The van der Waals surface area contributed by atoms with Gasteiger partial charge in [-0.3, -0.25) is 0 Å². The molecule has 21 heavy (non-hydrogen) atoms. The molecule has 0 fully saturated rings. The maximum atomic E-state index is 11.9. The first-order valence-corrected chi connectivity index (χ1v) is 7.12. The first-order chi connectivity index (χ1) is 10.1. The minimum absolute atomic E-state index is 0.368. The van der Waals surface area contributed by atoms with Crippen molar-refractivity contribution in [3.63, 3.8) is 0 Å². The molecule has 0 bridgehead atoms. The number of cyclic esters (lactones) is 1. The van der Waals surface area contributed by atoms with Gasteiger partial charge in [0.1, 0.15) is 0 Å². The number of benzene rings is 1. The van der Waals surface area contributed by atoms with Crippen LogP contribution >= 0.6 is 0 Å². The van der Waals surface area contributed by atoms with Crippen molar-refractivity contribution in [3.8, 4) is 0 Å². The average molecular weight is 279 g/mol. The molecule has 0 radical (unpaired) electrons. The largest absolute Gasteiger partial charge is 0.402 e. The Balaban J connectivity index is 1.84. The number of hydrogen-bond donors (Lipinski definition) is 0. The van der Waals surface area contributed by atoms with E-state index >= 15 is 0 Å². The van der Waals surface area contributed by atoms with Crippen molar-refractivity contribution in [2.75, 3.05) is 0 Å². The van der Waals surface area contributed by atoms with E-state index in [-0.39, 0.29) is 5.97 Å². The Morgan fingerprint density at radius 1 is 1.24 bits per heavy atom. The monoisotopic (exact) mass is 279 g/mol. The van der Waals surface area contributed by atoms with E-state index in [9.17, 15) is 4.79 Å². The smallest absolute Gasteiger partial charge is 0.363 e. The summed E-state index contributed by atoms with van der Waals surface area (Å²) in [4.78, 5) is 16.2. The van der Waals surface area contributed by atoms with Crippen LogP contribution in [0, 0.1) is 0 Å². The molecule has 2 aliphatic rings. The summed E-state index contributed by atoms with van der Waals surface area (Å²) in [7, 11) is 0. The van der Waals surface area contributed by atoms with Gasteiger partial charge in [-0.25, -0.2) is 9.79 Å². The molecule has 1 aliphatic carbocycles. The minimum atomic E-state index is -0.384. The molecule has 3 heteroatoms. The number of carbonyl (C=O) groups excluding carboxylic acids is 1. The van der Waals surface area contributed by atoms with Gasteiger partial charge in [-0.2, -0.15) is 0 Å². The molecular weight excluding hydrogens is 262 g/mol. The summed E-state index contributed by atoms with van der Waals surface area (Å²) < 4.78 is 5.27. The maximum absolute atomic E-state index is 11.9. The third-order valence-electron chi connectivity index (χ3n) is 3.57. The van der Waals surface area contributed by atoms with Crippen molar-refractivity contribution in [2.24, 2.45) is 4.99 Å². The van der Waals surface area contributed by atoms with Crippen LogP contribution in [0.5, 0.6) is 0 Å². The quantitative estimate of drug-likeness (QED) is 0.622. The molecule has 3 nitrogen and oxygen atoms in total. The van der Waals surface area contributed by atoms with Crippen LogP contribution in [0.4, 0.5) is 0 Å². The molecule has 106 valence electrons. The molecule has 0 saturated heterocycles. The van der Waals surface area contributed by atoms with Crippen LogP contribution in [0.2, 0.25) is 0 Å². The van der Waals surface area contributed by atoms with Crippen LogP contribution in [0.3, 0.4) is 0 Å². The summed E-state index contributed by atoms with van der Waals surface area (Å²) in [6.07, 6.45) is 8.62. The SMILES string of the molecule is CC(C)c1ccc(C2=NC(=CC3=CC=CC3)C(=O)O2)cc1. The van der Waals surface area contributed by atoms with E-state index in [1.165, 1.54) is 5.56 Å². The van der Waals surface area contributed by atoms with Gasteiger partial charge in [-0.1, -0.05) is 44.2 Å². The van der Waals surface area contributed by atoms with Gasteiger partial charge in [0.25, 0.3) is 0 Å². The molecule has 1 aromatic carbocycles. The second-order valence-corrected chi connectivity index (χ2v) is 5.49. The maximum Gasteiger partial charge on any atom is 0.363 e. The molecular formula is C18H17NO2. The first kappa shape index (κ1) is 13.6. The number of nitrogens with zero attached hydrogens (tertiary/aromatic N) is 1.